The van der Waals surface area contributed by atoms with E-state index in [0.29, 0.717) is 0 Å². The van der Waals surface area contributed by atoms with Gasteiger partial charge in [-0.1, -0.05) is 26.2 Å². The van der Waals surface area contributed by atoms with Gasteiger partial charge in [-0.05, 0) is 42.9 Å². The Morgan fingerprint density at radius 3 is 2.30 bits per heavy atom. The van der Waals surface area contributed by atoms with Crippen molar-refractivity contribution in [1.29, 1.82) is 0 Å². The molecule has 0 heterocycles. The zero-order valence-corrected chi connectivity index (χ0v) is 12.9. The lowest BCUT2D eigenvalue weighted by Crippen LogP contribution is -2.36. The molecule has 0 amide bonds. The summed E-state index contributed by atoms with van der Waals surface area (Å²) in [6.07, 6.45) is 7.07. The molecule has 2 unspecified atom stereocenters. The predicted octanol–water partition coefficient (Wildman–Crippen LogP) is 3.85. The van der Waals surface area contributed by atoms with Crippen molar-refractivity contribution in [2.45, 2.75) is 51.0 Å². The van der Waals surface area contributed by atoms with Crippen molar-refractivity contribution >= 4 is 0 Å². The van der Waals surface area contributed by atoms with Crippen molar-refractivity contribution in [3.63, 3.8) is 0 Å². The zero-order valence-electron chi connectivity index (χ0n) is 12.9. The van der Waals surface area contributed by atoms with Crippen LogP contribution in [0, 0.1) is 5.92 Å². The number of hydrogen-bond donors (Lipinski definition) is 1. The van der Waals surface area contributed by atoms with Crippen molar-refractivity contribution in [3.05, 3.63) is 23.8 Å². The fraction of sp³-hybridized carbons (Fsp3) is 0.647. The molecule has 2 rings (SSSR count). The molecule has 1 aliphatic rings. The fourth-order valence-corrected chi connectivity index (χ4v) is 3.23. The van der Waals surface area contributed by atoms with Crippen LogP contribution in [-0.4, -0.2) is 14.2 Å². The molecule has 1 aromatic rings. The van der Waals surface area contributed by atoms with Crippen LogP contribution < -0.4 is 15.2 Å². The molecule has 0 saturated heterocycles. The first-order chi connectivity index (χ1) is 9.61. The molecule has 0 aliphatic heterocycles. The van der Waals surface area contributed by atoms with Gasteiger partial charge in [-0.15, -0.1) is 0 Å². The molecule has 1 fully saturated rings. The van der Waals surface area contributed by atoms with E-state index in [4.69, 9.17) is 15.2 Å². The normalized spacial score (nSPS) is 26.9. The Bertz CT molecular complexity index is 424. The molecule has 1 aliphatic carbocycles. The Hall–Kier alpha value is -1.22. The molecule has 2 atom stereocenters. The third-order valence-corrected chi connectivity index (χ3v) is 4.74. The summed E-state index contributed by atoms with van der Waals surface area (Å²) in [5, 5.41) is 0. The van der Waals surface area contributed by atoms with Gasteiger partial charge < -0.3 is 15.2 Å². The number of benzene rings is 1. The summed E-state index contributed by atoms with van der Waals surface area (Å²) in [5.41, 5.74) is 7.63. The Kier molecular flexibility index (Phi) is 4.92. The second-order valence-corrected chi connectivity index (χ2v) is 5.96. The monoisotopic (exact) mass is 277 g/mol. The molecule has 3 nitrogen and oxygen atoms in total. The molecule has 1 aromatic carbocycles. The van der Waals surface area contributed by atoms with Crippen LogP contribution in [0.25, 0.3) is 0 Å². The van der Waals surface area contributed by atoms with Crippen molar-refractivity contribution in [2.75, 3.05) is 14.2 Å². The summed E-state index contributed by atoms with van der Waals surface area (Å²) in [7, 11) is 3.36. The van der Waals surface area contributed by atoms with E-state index in [2.05, 4.69) is 19.1 Å². The van der Waals surface area contributed by atoms with E-state index in [0.717, 1.165) is 35.8 Å². The highest BCUT2D eigenvalue weighted by atomic mass is 16.5. The van der Waals surface area contributed by atoms with Gasteiger partial charge in [0.25, 0.3) is 0 Å². The molecule has 2 N–H and O–H groups in total. The van der Waals surface area contributed by atoms with Gasteiger partial charge in [0.15, 0.2) is 0 Å². The van der Waals surface area contributed by atoms with Gasteiger partial charge in [0, 0.05) is 11.6 Å². The number of rotatable bonds is 4. The van der Waals surface area contributed by atoms with E-state index in [1.807, 2.05) is 6.07 Å². The van der Waals surface area contributed by atoms with Gasteiger partial charge in [-0.2, -0.15) is 0 Å². The van der Waals surface area contributed by atoms with Crippen LogP contribution in [0.3, 0.4) is 0 Å². The maximum absolute atomic E-state index is 6.73. The first kappa shape index (κ1) is 15.2. The molecule has 20 heavy (non-hydrogen) atoms. The smallest absolute Gasteiger partial charge is 0.122 e. The average molecular weight is 277 g/mol. The van der Waals surface area contributed by atoms with Crippen LogP contribution in [0.2, 0.25) is 0 Å². The van der Waals surface area contributed by atoms with Gasteiger partial charge >= 0.3 is 0 Å². The predicted molar refractivity (Wildman–Crippen MR) is 82.3 cm³/mol. The third-order valence-electron chi connectivity index (χ3n) is 4.74. The number of hydrogen-bond acceptors (Lipinski definition) is 3. The zero-order chi connectivity index (χ0) is 14.6. The lowest BCUT2D eigenvalue weighted by atomic mass is 9.83. The summed E-state index contributed by atoms with van der Waals surface area (Å²) in [4.78, 5) is 0. The molecule has 0 aromatic heterocycles. The van der Waals surface area contributed by atoms with Crippen LogP contribution in [0.4, 0.5) is 0 Å². The second kappa shape index (κ2) is 6.49. The maximum atomic E-state index is 6.73. The van der Waals surface area contributed by atoms with E-state index in [1.165, 1.54) is 25.7 Å². The summed E-state index contributed by atoms with van der Waals surface area (Å²) >= 11 is 0. The summed E-state index contributed by atoms with van der Waals surface area (Å²) in [5.74, 6) is 2.47. The van der Waals surface area contributed by atoms with Crippen molar-refractivity contribution in [1.82, 2.24) is 0 Å². The van der Waals surface area contributed by atoms with E-state index in [-0.39, 0.29) is 5.54 Å². The first-order valence-corrected chi connectivity index (χ1v) is 7.63. The van der Waals surface area contributed by atoms with E-state index in [9.17, 15) is 0 Å². The van der Waals surface area contributed by atoms with Crippen LogP contribution in [0.15, 0.2) is 18.2 Å². The molecule has 1 saturated carbocycles. The Labute approximate surface area is 122 Å². The summed E-state index contributed by atoms with van der Waals surface area (Å²) in [6, 6.07) is 6.03. The molecular weight excluding hydrogens is 250 g/mol. The number of methoxy groups -OCH3 is 2. The third kappa shape index (κ3) is 3.26. The average Bonchev–Trinajstić information content (AvgIpc) is 2.69. The minimum Gasteiger partial charge on any atom is -0.497 e. The molecule has 0 radical (unpaired) electrons. The first-order valence-electron chi connectivity index (χ1n) is 7.63. The number of nitrogens with two attached hydrogens (primary N) is 1. The van der Waals surface area contributed by atoms with Gasteiger partial charge in [0.2, 0.25) is 0 Å². The largest absolute Gasteiger partial charge is 0.497 e. The van der Waals surface area contributed by atoms with Crippen LogP contribution in [0.5, 0.6) is 11.5 Å². The minimum atomic E-state index is -0.244. The second-order valence-electron chi connectivity index (χ2n) is 5.96. The van der Waals surface area contributed by atoms with Gasteiger partial charge in [-0.25, -0.2) is 0 Å². The van der Waals surface area contributed by atoms with Gasteiger partial charge in [0.1, 0.15) is 11.5 Å². The summed E-state index contributed by atoms with van der Waals surface area (Å²) in [6.45, 7) is 2.28. The quantitative estimate of drug-likeness (QED) is 0.850. The van der Waals surface area contributed by atoms with Gasteiger partial charge in [-0.3, -0.25) is 0 Å². The molecule has 0 spiro atoms. The minimum absolute atomic E-state index is 0.244. The Morgan fingerprint density at radius 2 is 1.75 bits per heavy atom. The van der Waals surface area contributed by atoms with E-state index < -0.39 is 0 Å². The summed E-state index contributed by atoms with van der Waals surface area (Å²) < 4.78 is 10.7. The highest BCUT2D eigenvalue weighted by molar-refractivity contribution is 5.41. The van der Waals surface area contributed by atoms with Crippen molar-refractivity contribution < 1.29 is 9.47 Å². The molecule has 3 heteroatoms. The molecular formula is C17H27NO2. The highest BCUT2D eigenvalue weighted by Gasteiger charge is 2.31. The highest BCUT2D eigenvalue weighted by Crippen LogP contribution is 2.39. The maximum Gasteiger partial charge on any atom is 0.122 e. The van der Waals surface area contributed by atoms with Gasteiger partial charge in [0.05, 0.1) is 14.2 Å². The van der Waals surface area contributed by atoms with Crippen LogP contribution >= 0.6 is 0 Å². The van der Waals surface area contributed by atoms with Crippen LogP contribution in [0.1, 0.15) is 51.0 Å². The topological polar surface area (TPSA) is 44.5 Å². The fourth-order valence-electron chi connectivity index (χ4n) is 3.23. The lowest BCUT2D eigenvalue weighted by molar-refractivity contribution is 0.359. The molecule has 112 valence electrons. The Morgan fingerprint density at radius 1 is 1.10 bits per heavy atom. The lowest BCUT2D eigenvalue weighted by Gasteiger charge is -2.29. The standard InChI is InChI=1S/C17H27NO2/c1-4-13-6-5-8-17(18,9-7-13)14-10-15(19-2)12-16(11-14)20-3/h10-13H,4-9,18H2,1-3H3. The van der Waals surface area contributed by atoms with Crippen LogP contribution in [-0.2, 0) is 5.54 Å². The Balaban J connectivity index is 2.28. The SMILES string of the molecule is CCC1CCCC(N)(c2cc(OC)cc(OC)c2)CC1. The van der Waals surface area contributed by atoms with E-state index >= 15 is 0 Å². The van der Waals surface area contributed by atoms with E-state index in [1.54, 1.807) is 14.2 Å². The van der Waals surface area contributed by atoms with Crippen molar-refractivity contribution in [3.8, 4) is 11.5 Å². The van der Waals surface area contributed by atoms with Crippen molar-refractivity contribution in [2.24, 2.45) is 11.7 Å². The number of ether oxygens (including phenoxy) is 2. The molecule has 0 bridgehead atoms.